The highest BCUT2D eigenvalue weighted by molar-refractivity contribution is 7.92. The summed E-state index contributed by atoms with van der Waals surface area (Å²) in [7, 11) is -1.82. The summed E-state index contributed by atoms with van der Waals surface area (Å²) >= 11 is 0. The van der Waals surface area contributed by atoms with Crippen LogP contribution in [-0.2, 0) is 16.6 Å². The zero-order valence-electron chi connectivity index (χ0n) is 19.4. The quantitative estimate of drug-likeness (QED) is 0.489. The minimum Gasteiger partial charge on any atom is -0.496 e. The molecule has 1 amide bonds. The molecule has 1 atom stereocenters. The number of benzene rings is 3. The van der Waals surface area contributed by atoms with E-state index in [2.05, 4.69) is 5.32 Å². The number of carbonyl (C=O) groups excluding carboxylic acids is 1. The largest absolute Gasteiger partial charge is 0.496 e. The lowest BCUT2D eigenvalue weighted by atomic mass is 10.0. The maximum Gasteiger partial charge on any atom is 0.251 e. The smallest absolute Gasteiger partial charge is 0.251 e. The van der Waals surface area contributed by atoms with Crippen LogP contribution in [0, 0.1) is 6.92 Å². The van der Waals surface area contributed by atoms with Gasteiger partial charge in [-0.1, -0.05) is 49.4 Å². The molecule has 7 heteroatoms. The van der Waals surface area contributed by atoms with E-state index >= 15 is 0 Å². The van der Waals surface area contributed by atoms with Gasteiger partial charge in [-0.2, -0.15) is 0 Å². The third-order valence-corrected chi connectivity index (χ3v) is 6.66. The van der Waals surface area contributed by atoms with E-state index in [-0.39, 0.29) is 18.5 Å². The van der Waals surface area contributed by atoms with Crippen molar-refractivity contribution in [2.45, 2.75) is 32.9 Å². The Bertz CT molecular complexity index is 1190. The van der Waals surface area contributed by atoms with Crippen molar-refractivity contribution in [1.29, 1.82) is 0 Å². The minimum absolute atomic E-state index is 0.124. The number of para-hydroxylation sites is 1. The molecule has 0 unspecified atom stereocenters. The SMILES string of the molecule is CC[C@@H](NC(=O)c1ccc(CN(c2ccccc2)S(C)(=O)=O)cc1)c1ccc(OC)c(C)c1. The lowest BCUT2D eigenvalue weighted by Crippen LogP contribution is -2.29. The van der Waals surface area contributed by atoms with Crippen LogP contribution in [0.5, 0.6) is 5.75 Å². The van der Waals surface area contributed by atoms with E-state index in [4.69, 9.17) is 4.74 Å². The van der Waals surface area contributed by atoms with Crippen molar-refractivity contribution in [3.63, 3.8) is 0 Å². The number of aryl methyl sites for hydroxylation is 1. The molecule has 0 bridgehead atoms. The molecule has 3 aromatic rings. The van der Waals surface area contributed by atoms with E-state index < -0.39 is 10.0 Å². The van der Waals surface area contributed by atoms with Crippen LogP contribution in [0.2, 0.25) is 0 Å². The number of rotatable bonds is 9. The van der Waals surface area contributed by atoms with Crippen molar-refractivity contribution >= 4 is 21.6 Å². The van der Waals surface area contributed by atoms with E-state index in [1.807, 2.05) is 38.1 Å². The first-order valence-electron chi connectivity index (χ1n) is 10.8. The summed E-state index contributed by atoms with van der Waals surface area (Å²) in [6.07, 6.45) is 1.93. The van der Waals surface area contributed by atoms with Gasteiger partial charge in [0.1, 0.15) is 5.75 Å². The van der Waals surface area contributed by atoms with E-state index in [1.165, 1.54) is 10.6 Å². The molecule has 1 N–H and O–H groups in total. The van der Waals surface area contributed by atoms with Gasteiger partial charge in [-0.25, -0.2) is 8.42 Å². The van der Waals surface area contributed by atoms with Crippen molar-refractivity contribution in [2.24, 2.45) is 0 Å². The standard InChI is InChI=1S/C26H30N2O4S/c1-5-24(22-15-16-25(32-3)19(2)17-22)27-26(29)21-13-11-20(12-14-21)18-28(33(4,30)31)23-9-7-6-8-10-23/h6-17,24H,5,18H2,1-4H3,(H,27,29)/t24-/m1/s1. The Morgan fingerprint density at radius 2 is 1.70 bits per heavy atom. The second-order valence-electron chi connectivity index (χ2n) is 7.97. The Labute approximate surface area is 196 Å². The van der Waals surface area contributed by atoms with Gasteiger partial charge in [-0.15, -0.1) is 0 Å². The molecule has 0 aliphatic heterocycles. The van der Waals surface area contributed by atoms with Crippen molar-refractivity contribution < 1.29 is 17.9 Å². The highest BCUT2D eigenvalue weighted by atomic mass is 32.2. The molecular weight excluding hydrogens is 436 g/mol. The van der Waals surface area contributed by atoms with Gasteiger partial charge in [0.05, 0.1) is 31.6 Å². The summed E-state index contributed by atoms with van der Waals surface area (Å²) in [5, 5.41) is 3.09. The second kappa shape index (κ2) is 10.5. The normalized spacial score (nSPS) is 12.1. The number of hydrogen-bond donors (Lipinski definition) is 1. The van der Waals surface area contributed by atoms with Crippen molar-refractivity contribution in [1.82, 2.24) is 5.32 Å². The van der Waals surface area contributed by atoms with Gasteiger partial charge in [0.15, 0.2) is 0 Å². The summed E-state index contributed by atoms with van der Waals surface area (Å²) in [6, 6.07) is 21.8. The Hall–Kier alpha value is -3.32. The second-order valence-corrected chi connectivity index (χ2v) is 9.87. The predicted molar refractivity (Wildman–Crippen MR) is 132 cm³/mol. The summed E-state index contributed by atoms with van der Waals surface area (Å²) in [5.41, 5.74) is 3.95. The van der Waals surface area contributed by atoms with Crippen molar-refractivity contribution in [3.8, 4) is 5.75 Å². The first-order valence-corrected chi connectivity index (χ1v) is 12.6. The van der Waals surface area contributed by atoms with Gasteiger partial charge >= 0.3 is 0 Å². The molecule has 0 aliphatic carbocycles. The number of hydrogen-bond acceptors (Lipinski definition) is 4. The third kappa shape index (κ3) is 6.14. The maximum atomic E-state index is 12.9. The first-order chi connectivity index (χ1) is 15.7. The Kier molecular flexibility index (Phi) is 7.76. The van der Waals surface area contributed by atoms with E-state index in [9.17, 15) is 13.2 Å². The zero-order valence-corrected chi connectivity index (χ0v) is 20.2. The number of ether oxygens (including phenoxy) is 1. The molecule has 0 spiro atoms. The fraction of sp³-hybridized carbons (Fsp3) is 0.269. The molecule has 0 fully saturated rings. The maximum absolute atomic E-state index is 12.9. The van der Waals surface area contributed by atoms with Gasteiger partial charge in [0.2, 0.25) is 10.0 Å². The highest BCUT2D eigenvalue weighted by Crippen LogP contribution is 2.25. The number of nitrogens with one attached hydrogen (secondary N) is 1. The van der Waals surface area contributed by atoms with Gasteiger partial charge in [-0.3, -0.25) is 9.10 Å². The number of methoxy groups -OCH3 is 1. The van der Waals surface area contributed by atoms with Gasteiger partial charge in [-0.05, 0) is 60.4 Å². The molecule has 0 radical (unpaired) electrons. The topological polar surface area (TPSA) is 75.7 Å². The molecule has 0 aliphatic rings. The molecule has 33 heavy (non-hydrogen) atoms. The van der Waals surface area contributed by atoms with Crippen molar-refractivity contribution in [3.05, 3.63) is 95.1 Å². The van der Waals surface area contributed by atoms with E-state index in [0.29, 0.717) is 11.3 Å². The number of anilines is 1. The summed E-state index contributed by atoms with van der Waals surface area (Å²) in [4.78, 5) is 12.9. The van der Waals surface area contributed by atoms with E-state index in [1.54, 1.807) is 55.6 Å². The van der Waals surface area contributed by atoms with Crippen LogP contribution in [0.4, 0.5) is 5.69 Å². The molecule has 0 heterocycles. The van der Waals surface area contributed by atoms with Crippen LogP contribution in [0.25, 0.3) is 0 Å². The molecule has 3 aromatic carbocycles. The van der Waals surface area contributed by atoms with Gasteiger partial charge < -0.3 is 10.1 Å². The Balaban J connectivity index is 1.73. The highest BCUT2D eigenvalue weighted by Gasteiger charge is 2.19. The average Bonchev–Trinajstić information content (AvgIpc) is 2.81. The zero-order chi connectivity index (χ0) is 24.0. The molecule has 0 saturated heterocycles. The van der Waals surface area contributed by atoms with Crippen LogP contribution >= 0.6 is 0 Å². The summed E-state index contributed by atoms with van der Waals surface area (Å²) < 4.78 is 31.3. The van der Waals surface area contributed by atoms with Gasteiger partial charge in [0, 0.05) is 5.56 Å². The number of nitrogens with zero attached hydrogens (tertiary/aromatic N) is 1. The monoisotopic (exact) mass is 466 g/mol. The first kappa shape index (κ1) is 24.3. The fourth-order valence-electron chi connectivity index (χ4n) is 3.70. The van der Waals surface area contributed by atoms with Crippen LogP contribution in [0.1, 0.15) is 46.4 Å². The fourth-order valence-corrected chi connectivity index (χ4v) is 4.59. The number of amides is 1. The predicted octanol–water partition coefficient (Wildman–Crippen LogP) is 4.85. The Morgan fingerprint density at radius 3 is 2.24 bits per heavy atom. The molecule has 0 aromatic heterocycles. The van der Waals surface area contributed by atoms with Crippen molar-refractivity contribution in [2.75, 3.05) is 17.7 Å². The van der Waals surface area contributed by atoms with Crippen LogP contribution in [-0.4, -0.2) is 27.7 Å². The lowest BCUT2D eigenvalue weighted by molar-refractivity contribution is 0.0935. The van der Waals surface area contributed by atoms with E-state index in [0.717, 1.165) is 28.9 Å². The van der Waals surface area contributed by atoms with Crippen LogP contribution in [0.15, 0.2) is 72.8 Å². The number of sulfonamides is 1. The molecule has 174 valence electrons. The van der Waals surface area contributed by atoms with Gasteiger partial charge in [0.25, 0.3) is 5.91 Å². The van der Waals surface area contributed by atoms with Crippen LogP contribution < -0.4 is 14.4 Å². The third-order valence-electron chi connectivity index (χ3n) is 5.52. The molecule has 6 nitrogen and oxygen atoms in total. The number of carbonyl (C=O) groups is 1. The summed E-state index contributed by atoms with van der Waals surface area (Å²) in [6.45, 7) is 4.19. The molecule has 0 saturated carbocycles. The molecular formula is C26H30N2O4S. The van der Waals surface area contributed by atoms with Crippen LogP contribution in [0.3, 0.4) is 0 Å². The summed E-state index contributed by atoms with van der Waals surface area (Å²) in [5.74, 6) is 0.638. The molecule has 3 rings (SSSR count). The minimum atomic E-state index is -3.46. The Morgan fingerprint density at radius 1 is 1.03 bits per heavy atom. The average molecular weight is 467 g/mol. The lowest BCUT2D eigenvalue weighted by Gasteiger charge is -2.22.